The van der Waals surface area contributed by atoms with Crippen molar-refractivity contribution in [1.82, 2.24) is 5.32 Å². The van der Waals surface area contributed by atoms with Crippen LogP contribution < -0.4 is 5.32 Å². The van der Waals surface area contributed by atoms with E-state index in [1.54, 1.807) is 20.8 Å². The van der Waals surface area contributed by atoms with Gasteiger partial charge >= 0.3 is 6.18 Å². The Bertz CT molecular complexity index is 1040. The van der Waals surface area contributed by atoms with Gasteiger partial charge in [0.25, 0.3) is 0 Å². The normalized spacial score (nSPS) is 12.3. The first kappa shape index (κ1) is 24.9. The lowest BCUT2D eigenvalue weighted by molar-refractivity contribution is -0.137. The van der Waals surface area contributed by atoms with Crippen LogP contribution >= 0.6 is 23.2 Å². The van der Waals surface area contributed by atoms with Crippen molar-refractivity contribution in [2.24, 2.45) is 5.41 Å². The van der Waals surface area contributed by atoms with E-state index < -0.39 is 33.8 Å². The molecule has 2 aromatic rings. The Kier molecular flexibility index (Phi) is 7.55. The van der Waals surface area contributed by atoms with Crippen molar-refractivity contribution in [3.8, 4) is 0 Å². The lowest BCUT2D eigenvalue weighted by Gasteiger charge is -2.18. The number of benzene rings is 2. The maximum absolute atomic E-state index is 14.8. The molecule has 3 nitrogen and oxygen atoms in total. The summed E-state index contributed by atoms with van der Waals surface area (Å²) in [4.78, 5) is 24.3. The first-order valence-electron chi connectivity index (χ1n) is 9.06. The molecule has 0 heterocycles. The standard InChI is InChI=1S/C22H19Cl2F4NO2/c1-21(2,3)20(31)29-11-13-5-7-16(23)14(19(13)25)6-9-18(30)12-4-8-17(24)15(10-12)22(26,27)28/h4-10H,11H2,1-3H3,(H,29,31)/b9-6+. The number of alkyl halides is 3. The first-order valence-corrected chi connectivity index (χ1v) is 9.81. The van der Waals surface area contributed by atoms with Crippen LogP contribution in [-0.2, 0) is 17.5 Å². The number of amides is 1. The van der Waals surface area contributed by atoms with E-state index in [9.17, 15) is 27.2 Å². The second kappa shape index (κ2) is 9.40. The van der Waals surface area contributed by atoms with Gasteiger partial charge in [0.05, 0.1) is 15.6 Å². The van der Waals surface area contributed by atoms with Gasteiger partial charge < -0.3 is 5.32 Å². The number of carbonyl (C=O) groups is 2. The van der Waals surface area contributed by atoms with Crippen molar-refractivity contribution in [1.29, 1.82) is 0 Å². The monoisotopic (exact) mass is 475 g/mol. The van der Waals surface area contributed by atoms with Crippen LogP contribution in [0.3, 0.4) is 0 Å². The van der Waals surface area contributed by atoms with Crippen LogP contribution in [0, 0.1) is 11.2 Å². The molecule has 9 heteroatoms. The fourth-order valence-electron chi connectivity index (χ4n) is 2.50. The van der Waals surface area contributed by atoms with E-state index >= 15 is 0 Å². The van der Waals surface area contributed by atoms with Gasteiger partial charge in [0.1, 0.15) is 5.82 Å². The van der Waals surface area contributed by atoms with Crippen LogP contribution in [0.1, 0.15) is 47.8 Å². The maximum Gasteiger partial charge on any atom is 0.417 e. The van der Waals surface area contributed by atoms with E-state index in [4.69, 9.17) is 23.2 Å². The molecule has 2 rings (SSSR count). The zero-order valence-corrected chi connectivity index (χ0v) is 18.3. The highest BCUT2D eigenvalue weighted by molar-refractivity contribution is 6.32. The first-order chi connectivity index (χ1) is 14.2. The SMILES string of the molecule is CC(C)(C)C(=O)NCc1ccc(Cl)c(/C=C/C(=O)c2ccc(Cl)c(C(F)(F)F)c2)c1F. The van der Waals surface area contributed by atoms with Gasteiger partial charge in [0, 0.05) is 28.7 Å². The molecule has 31 heavy (non-hydrogen) atoms. The molecule has 0 aliphatic heterocycles. The van der Waals surface area contributed by atoms with Gasteiger partial charge in [-0.2, -0.15) is 13.2 Å². The Hall–Kier alpha value is -2.38. The molecule has 0 saturated carbocycles. The fourth-order valence-corrected chi connectivity index (χ4v) is 2.93. The highest BCUT2D eigenvalue weighted by Gasteiger charge is 2.33. The largest absolute Gasteiger partial charge is 0.417 e. The van der Waals surface area contributed by atoms with E-state index in [0.717, 1.165) is 24.3 Å². The molecule has 0 atom stereocenters. The summed E-state index contributed by atoms with van der Waals surface area (Å²) in [5, 5.41) is 2.08. The molecular formula is C22H19Cl2F4NO2. The van der Waals surface area contributed by atoms with Gasteiger partial charge in [-0.1, -0.05) is 50.0 Å². The number of hydrogen-bond donors (Lipinski definition) is 1. The van der Waals surface area contributed by atoms with Crippen LogP contribution in [0.2, 0.25) is 10.0 Å². The lowest BCUT2D eigenvalue weighted by atomic mass is 9.95. The number of halogens is 6. The van der Waals surface area contributed by atoms with Crippen molar-refractivity contribution >= 4 is 41.0 Å². The molecule has 2 aromatic carbocycles. The number of hydrogen-bond acceptors (Lipinski definition) is 2. The van der Waals surface area contributed by atoms with Gasteiger partial charge in [-0.25, -0.2) is 4.39 Å². The second-order valence-electron chi connectivity index (χ2n) is 7.76. The number of allylic oxidation sites excluding steroid dienone is 1. The van der Waals surface area contributed by atoms with E-state index in [-0.39, 0.29) is 34.2 Å². The predicted octanol–water partition coefficient (Wildman–Crippen LogP) is 6.71. The lowest BCUT2D eigenvalue weighted by Crippen LogP contribution is -2.34. The topological polar surface area (TPSA) is 46.2 Å². The van der Waals surface area contributed by atoms with Crippen LogP contribution in [0.4, 0.5) is 17.6 Å². The van der Waals surface area contributed by atoms with Gasteiger partial charge in [0.15, 0.2) is 5.78 Å². The number of rotatable bonds is 5. The summed E-state index contributed by atoms with van der Waals surface area (Å²) in [6.45, 7) is 5.03. The molecule has 0 aliphatic carbocycles. The Morgan fingerprint density at radius 2 is 1.65 bits per heavy atom. The summed E-state index contributed by atoms with van der Waals surface area (Å²) >= 11 is 11.6. The quantitative estimate of drug-likeness (QED) is 0.296. The second-order valence-corrected chi connectivity index (χ2v) is 8.57. The van der Waals surface area contributed by atoms with Gasteiger partial charge in [-0.3, -0.25) is 9.59 Å². The average Bonchev–Trinajstić information content (AvgIpc) is 2.65. The van der Waals surface area contributed by atoms with E-state index in [1.165, 1.54) is 12.1 Å². The third kappa shape index (κ3) is 6.31. The third-order valence-corrected chi connectivity index (χ3v) is 4.94. The molecule has 0 radical (unpaired) electrons. The van der Waals surface area contributed by atoms with Crippen LogP contribution in [-0.4, -0.2) is 11.7 Å². The minimum Gasteiger partial charge on any atom is -0.351 e. The number of carbonyl (C=O) groups excluding carboxylic acids is 2. The van der Waals surface area contributed by atoms with Gasteiger partial charge in [-0.05, 0) is 36.4 Å². The Balaban J connectivity index is 2.28. The minimum atomic E-state index is -4.72. The summed E-state index contributed by atoms with van der Waals surface area (Å²) < 4.78 is 53.8. The Morgan fingerprint density at radius 1 is 1.03 bits per heavy atom. The minimum absolute atomic E-state index is 0.000431. The van der Waals surface area contributed by atoms with Crippen LogP contribution in [0.5, 0.6) is 0 Å². The molecule has 0 fully saturated rings. The molecule has 0 unspecified atom stereocenters. The molecule has 0 spiro atoms. The zero-order chi connectivity index (χ0) is 23.6. The Morgan fingerprint density at radius 3 is 2.23 bits per heavy atom. The highest BCUT2D eigenvalue weighted by atomic mass is 35.5. The maximum atomic E-state index is 14.8. The van der Waals surface area contributed by atoms with Crippen molar-refractivity contribution in [3.05, 3.63) is 74.5 Å². The average molecular weight is 476 g/mol. The van der Waals surface area contributed by atoms with Crippen LogP contribution in [0.25, 0.3) is 6.08 Å². The summed E-state index contributed by atoms with van der Waals surface area (Å²) in [6, 6.07) is 5.54. The molecule has 0 aliphatic rings. The molecule has 1 amide bonds. The third-order valence-electron chi connectivity index (χ3n) is 4.28. The van der Waals surface area contributed by atoms with Crippen molar-refractivity contribution in [3.63, 3.8) is 0 Å². The number of nitrogens with one attached hydrogen (secondary N) is 1. The van der Waals surface area contributed by atoms with Crippen molar-refractivity contribution in [2.45, 2.75) is 33.5 Å². The summed E-state index contributed by atoms with van der Waals surface area (Å²) in [7, 11) is 0. The molecule has 0 aromatic heterocycles. The Labute approximate surface area is 187 Å². The fraction of sp³-hybridized carbons (Fsp3) is 0.273. The zero-order valence-electron chi connectivity index (χ0n) is 16.8. The van der Waals surface area contributed by atoms with E-state index in [1.807, 2.05) is 0 Å². The molecule has 166 valence electrons. The smallest absolute Gasteiger partial charge is 0.351 e. The molecule has 0 bridgehead atoms. The highest BCUT2D eigenvalue weighted by Crippen LogP contribution is 2.35. The molecule has 1 N–H and O–H groups in total. The summed E-state index contributed by atoms with van der Waals surface area (Å²) in [5.41, 5.74) is -2.05. The molecular weight excluding hydrogens is 457 g/mol. The summed E-state index contributed by atoms with van der Waals surface area (Å²) in [5.74, 6) is -1.82. The van der Waals surface area contributed by atoms with Gasteiger partial charge in [-0.15, -0.1) is 0 Å². The van der Waals surface area contributed by atoms with Gasteiger partial charge in [0.2, 0.25) is 5.91 Å². The van der Waals surface area contributed by atoms with E-state index in [0.29, 0.717) is 6.07 Å². The van der Waals surface area contributed by atoms with Crippen molar-refractivity contribution < 1.29 is 27.2 Å². The summed E-state index contributed by atoms with van der Waals surface area (Å²) in [6.07, 6.45) is -2.72. The van der Waals surface area contributed by atoms with E-state index in [2.05, 4.69) is 5.32 Å². The number of ketones is 1. The molecule has 0 saturated heterocycles. The predicted molar refractivity (Wildman–Crippen MR) is 113 cm³/mol. The van der Waals surface area contributed by atoms with Crippen molar-refractivity contribution in [2.75, 3.05) is 0 Å². The van der Waals surface area contributed by atoms with Crippen LogP contribution in [0.15, 0.2) is 36.4 Å².